The average molecular weight is 569 g/mol. The summed E-state index contributed by atoms with van der Waals surface area (Å²) in [4.78, 5) is 9.87. The molecule has 0 atom stereocenters. The van der Waals surface area contributed by atoms with Gasteiger partial charge < -0.3 is 9.47 Å². The lowest BCUT2D eigenvalue weighted by molar-refractivity contribution is 0.411. The summed E-state index contributed by atoms with van der Waals surface area (Å²) in [5.74, 6) is 1.58. The highest BCUT2D eigenvalue weighted by molar-refractivity contribution is 6.11. The van der Waals surface area contributed by atoms with Gasteiger partial charge in [0.1, 0.15) is 11.5 Å². The summed E-state index contributed by atoms with van der Waals surface area (Å²) in [5.41, 5.74) is 8.00. The minimum atomic E-state index is 0.792. The van der Waals surface area contributed by atoms with Gasteiger partial charge in [-0.25, -0.2) is 9.97 Å². The fraction of sp³-hybridized carbons (Fsp3) is 0.0500. The van der Waals surface area contributed by atoms with Crippen LogP contribution in [0.15, 0.2) is 133 Å². The average Bonchev–Trinajstić information content (AvgIpc) is 3.09. The summed E-state index contributed by atoms with van der Waals surface area (Å²) < 4.78 is 12.0. The van der Waals surface area contributed by atoms with Crippen molar-refractivity contribution < 1.29 is 9.47 Å². The molecule has 4 heteroatoms. The Bertz CT molecular complexity index is 2210. The number of pyridine rings is 2. The fourth-order valence-corrected chi connectivity index (χ4v) is 6.25. The Balaban J connectivity index is 1.30. The van der Waals surface area contributed by atoms with Gasteiger partial charge in [-0.05, 0) is 70.1 Å². The Kier molecular flexibility index (Phi) is 6.20. The molecule has 2 aromatic heterocycles. The van der Waals surface area contributed by atoms with E-state index in [-0.39, 0.29) is 0 Å². The number of fused-ring (bicyclic) bond motifs is 4. The zero-order chi connectivity index (χ0) is 29.6. The molecular formula is C40H28N2O2. The number of methoxy groups -OCH3 is 2. The number of nitrogens with zero attached hydrogens (tertiary/aromatic N) is 2. The van der Waals surface area contributed by atoms with Crippen molar-refractivity contribution in [1.82, 2.24) is 9.97 Å². The van der Waals surface area contributed by atoms with Crippen LogP contribution in [-0.2, 0) is 0 Å². The number of benzene rings is 6. The van der Waals surface area contributed by atoms with Crippen LogP contribution in [0.4, 0.5) is 0 Å². The van der Waals surface area contributed by atoms with Gasteiger partial charge in [-0.1, -0.05) is 84.9 Å². The quantitative estimate of drug-likeness (QED) is 0.207. The van der Waals surface area contributed by atoms with E-state index in [2.05, 4.69) is 97.1 Å². The van der Waals surface area contributed by atoms with E-state index in [0.29, 0.717) is 0 Å². The third-order valence-corrected chi connectivity index (χ3v) is 8.44. The Morgan fingerprint density at radius 3 is 1.30 bits per heavy atom. The molecule has 0 spiro atoms. The number of aromatic nitrogens is 2. The lowest BCUT2D eigenvalue weighted by atomic mass is 9.90. The molecule has 0 aliphatic heterocycles. The van der Waals surface area contributed by atoms with Gasteiger partial charge in [-0.15, -0.1) is 0 Å². The van der Waals surface area contributed by atoms with Crippen molar-refractivity contribution in [3.8, 4) is 45.1 Å². The smallest absolute Gasteiger partial charge is 0.127 e. The van der Waals surface area contributed by atoms with Crippen molar-refractivity contribution in [3.05, 3.63) is 133 Å². The maximum absolute atomic E-state index is 5.98. The molecule has 0 N–H and O–H groups in total. The monoisotopic (exact) mass is 568 g/mol. The minimum Gasteiger partial charge on any atom is -0.496 e. The normalized spacial score (nSPS) is 11.4. The summed E-state index contributed by atoms with van der Waals surface area (Å²) in [6.45, 7) is 0. The van der Waals surface area contributed by atoms with Crippen molar-refractivity contribution in [1.29, 1.82) is 0 Å². The number of para-hydroxylation sites is 2. The number of rotatable bonds is 5. The molecule has 0 radical (unpaired) electrons. The van der Waals surface area contributed by atoms with Gasteiger partial charge in [-0.3, -0.25) is 0 Å². The molecule has 0 bridgehead atoms. The Morgan fingerprint density at radius 1 is 0.409 bits per heavy atom. The van der Waals surface area contributed by atoms with Crippen molar-refractivity contribution >= 4 is 43.4 Å². The van der Waals surface area contributed by atoms with E-state index in [1.54, 1.807) is 14.2 Å². The summed E-state index contributed by atoms with van der Waals surface area (Å²) in [5, 5.41) is 6.63. The van der Waals surface area contributed by atoms with Crippen LogP contribution in [0.5, 0.6) is 11.5 Å². The Morgan fingerprint density at radius 2 is 0.841 bits per heavy atom. The van der Waals surface area contributed by atoms with Gasteiger partial charge in [0.2, 0.25) is 0 Å². The molecule has 44 heavy (non-hydrogen) atoms. The molecule has 210 valence electrons. The molecule has 2 heterocycles. The van der Waals surface area contributed by atoms with Crippen LogP contribution in [0.3, 0.4) is 0 Å². The molecule has 0 unspecified atom stereocenters. The van der Waals surface area contributed by atoms with E-state index in [4.69, 9.17) is 19.4 Å². The summed E-state index contributed by atoms with van der Waals surface area (Å²) in [6.07, 6.45) is 0. The van der Waals surface area contributed by atoms with Crippen molar-refractivity contribution in [2.24, 2.45) is 0 Å². The van der Waals surface area contributed by atoms with E-state index in [1.165, 1.54) is 0 Å². The van der Waals surface area contributed by atoms with Crippen LogP contribution < -0.4 is 9.47 Å². The van der Waals surface area contributed by atoms with Crippen molar-refractivity contribution in [3.63, 3.8) is 0 Å². The second-order valence-electron chi connectivity index (χ2n) is 10.9. The highest BCUT2D eigenvalue weighted by atomic mass is 16.5. The van der Waals surface area contributed by atoms with Gasteiger partial charge in [-0.2, -0.15) is 0 Å². The zero-order valence-corrected chi connectivity index (χ0v) is 24.4. The highest BCUT2D eigenvalue weighted by Crippen LogP contribution is 2.46. The number of hydrogen-bond donors (Lipinski definition) is 0. The lowest BCUT2D eigenvalue weighted by Gasteiger charge is -2.18. The van der Waals surface area contributed by atoms with Crippen LogP contribution in [-0.4, -0.2) is 24.2 Å². The standard InChI is InChI=1S/C40H28N2O2/c1-43-37-21-15-27-23-29(35-19-13-25-7-3-5-9-33(25)41-35)11-17-31(27)39(37)40-32-18-12-30(24-28(32)16-22-38(40)44-2)36-20-14-26-8-4-6-10-34(26)42-36/h3-24H,1-2H3. The highest BCUT2D eigenvalue weighted by Gasteiger charge is 2.19. The predicted molar refractivity (Wildman–Crippen MR) is 181 cm³/mol. The first kappa shape index (κ1) is 25.9. The molecule has 0 saturated heterocycles. The van der Waals surface area contributed by atoms with Crippen LogP contribution in [0.2, 0.25) is 0 Å². The largest absolute Gasteiger partial charge is 0.496 e. The van der Waals surface area contributed by atoms with E-state index in [1.807, 2.05) is 36.4 Å². The third-order valence-electron chi connectivity index (χ3n) is 8.44. The molecule has 8 aromatic rings. The first-order valence-electron chi connectivity index (χ1n) is 14.6. The molecule has 0 aliphatic rings. The van der Waals surface area contributed by atoms with Crippen molar-refractivity contribution in [2.75, 3.05) is 14.2 Å². The molecule has 6 aromatic carbocycles. The molecule has 4 nitrogen and oxygen atoms in total. The summed E-state index contributed by atoms with van der Waals surface area (Å²) in [7, 11) is 3.44. The molecular weight excluding hydrogens is 540 g/mol. The predicted octanol–water partition coefficient (Wildman–Crippen LogP) is 10.1. The molecule has 8 rings (SSSR count). The van der Waals surface area contributed by atoms with Crippen LogP contribution in [0.25, 0.3) is 77.0 Å². The van der Waals surface area contributed by atoms with Gasteiger partial charge >= 0.3 is 0 Å². The maximum atomic E-state index is 5.98. The molecule has 0 fully saturated rings. The summed E-state index contributed by atoms with van der Waals surface area (Å²) >= 11 is 0. The van der Waals surface area contributed by atoms with E-state index < -0.39 is 0 Å². The number of ether oxygens (including phenoxy) is 2. The SMILES string of the molecule is COc1ccc2cc(-c3ccc4ccccc4n3)ccc2c1-c1c(OC)ccc2cc(-c3ccc4ccccc4n3)ccc12. The maximum Gasteiger partial charge on any atom is 0.127 e. The third kappa shape index (κ3) is 4.31. The van der Waals surface area contributed by atoms with Crippen LogP contribution >= 0.6 is 0 Å². The second kappa shape index (κ2) is 10.5. The molecule has 0 aliphatic carbocycles. The van der Waals surface area contributed by atoms with E-state index in [0.717, 1.165) is 88.5 Å². The lowest BCUT2D eigenvalue weighted by Crippen LogP contribution is -1.95. The Labute approximate surface area is 255 Å². The second-order valence-corrected chi connectivity index (χ2v) is 10.9. The van der Waals surface area contributed by atoms with E-state index in [9.17, 15) is 0 Å². The van der Waals surface area contributed by atoms with Gasteiger partial charge in [0.25, 0.3) is 0 Å². The van der Waals surface area contributed by atoms with Crippen LogP contribution in [0, 0.1) is 0 Å². The minimum absolute atomic E-state index is 0.792. The Hall–Kier alpha value is -5.74. The number of hydrogen-bond acceptors (Lipinski definition) is 4. The summed E-state index contributed by atoms with van der Waals surface area (Å²) in [6, 6.07) is 46.2. The first-order valence-corrected chi connectivity index (χ1v) is 14.6. The van der Waals surface area contributed by atoms with Crippen LogP contribution in [0.1, 0.15) is 0 Å². The first-order chi connectivity index (χ1) is 21.7. The van der Waals surface area contributed by atoms with Gasteiger partial charge in [0.15, 0.2) is 0 Å². The van der Waals surface area contributed by atoms with Gasteiger partial charge in [0, 0.05) is 33.0 Å². The van der Waals surface area contributed by atoms with Gasteiger partial charge in [0.05, 0.1) is 36.6 Å². The fourth-order valence-electron chi connectivity index (χ4n) is 6.25. The molecule has 0 saturated carbocycles. The zero-order valence-electron chi connectivity index (χ0n) is 24.4. The van der Waals surface area contributed by atoms with Crippen molar-refractivity contribution in [2.45, 2.75) is 0 Å². The topological polar surface area (TPSA) is 44.2 Å². The molecule has 0 amide bonds. The van der Waals surface area contributed by atoms with E-state index >= 15 is 0 Å².